The number of carbonyl (C=O) groups is 1. The molecule has 70 valence electrons. The number of hydrogen-bond donors (Lipinski definition) is 3. The van der Waals surface area contributed by atoms with Gasteiger partial charge in [0.15, 0.2) is 0 Å². The summed E-state index contributed by atoms with van der Waals surface area (Å²) < 4.78 is 0. The number of rotatable bonds is 2. The largest absolute Gasteiger partial charge is 0.508 e. The lowest BCUT2D eigenvalue weighted by molar-refractivity contribution is 0.206. The SMILES string of the molecule is NC(=O)N(N)Cc1cccc(O)c1. The Morgan fingerprint density at radius 3 is 2.77 bits per heavy atom. The first kappa shape index (κ1) is 9.34. The molecule has 0 bridgehead atoms. The van der Waals surface area contributed by atoms with Gasteiger partial charge in [-0.15, -0.1) is 0 Å². The fourth-order valence-corrected chi connectivity index (χ4v) is 0.929. The maximum atomic E-state index is 10.5. The lowest BCUT2D eigenvalue weighted by Crippen LogP contribution is -2.40. The zero-order valence-electron chi connectivity index (χ0n) is 6.97. The summed E-state index contributed by atoms with van der Waals surface area (Å²) >= 11 is 0. The van der Waals surface area contributed by atoms with Crippen LogP contribution in [-0.4, -0.2) is 16.1 Å². The number of hydrazine groups is 1. The molecule has 1 rings (SSSR count). The van der Waals surface area contributed by atoms with Crippen molar-refractivity contribution in [2.45, 2.75) is 6.54 Å². The first-order valence-corrected chi connectivity index (χ1v) is 3.69. The molecule has 5 heteroatoms. The molecule has 13 heavy (non-hydrogen) atoms. The number of amides is 2. The van der Waals surface area contributed by atoms with E-state index in [1.54, 1.807) is 12.1 Å². The lowest BCUT2D eigenvalue weighted by atomic mass is 10.2. The van der Waals surface area contributed by atoms with Gasteiger partial charge in [0.05, 0.1) is 6.54 Å². The van der Waals surface area contributed by atoms with E-state index in [1.165, 1.54) is 12.1 Å². The number of carbonyl (C=O) groups excluding carboxylic acids is 1. The van der Waals surface area contributed by atoms with Crippen molar-refractivity contribution in [3.8, 4) is 5.75 Å². The van der Waals surface area contributed by atoms with Crippen LogP contribution in [0.2, 0.25) is 0 Å². The molecule has 0 saturated carbocycles. The van der Waals surface area contributed by atoms with Crippen molar-refractivity contribution < 1.29 is 9.90 Å². The van der Waals surface area contributed by atoms with E-state index in [1.807, 2.05) is 0 Å². The fourth-order valence-electron chi connectivity index (χ4n) is 0.929. The number of phenolic OH excluding ortho intramolecular Hbond substituents is 1. The number of nitrogens with two attached hydrogens (primary N) is 2. The number of benzene rings is 1. The van der Waals surface area contributed by atoms with Crippen LogP contribution in [0.1, 0.15) is 5.56 Å². The van der Waals surface area contributed by atoms with E-state index in [0.717, 1.165) is 10.6 Å². The van der Waals surface area contributed by atoms with Gasteiger partial charge in [0.1, 0.15) is 5.75 Å². The molecular formula is C8H11N3O2. The summed E-state index contributed by atoms with van der Waals surface area (Å²) in [5.41, 5.74) is 5.64. The third kappa shape index (κ3) is 2.64. The van der Waals surface area contributed by atoms with Crippen molar-refractivity contribution in [1.82, 2.24) is 5.01 Å². The summed E-state index contributed by atoms with van der Waals surface area (Å²) in [4.78, 5) is 10.5. The Labute approximate surface area is 75.5 Å². The van der Waals surface area contributed by atoms with Crippen LogP contribution in [0.25, 0.3) is 0 Å². The second-order valence-corrected chi connectivity index (χ2v) is 2.64. The van der Waals surface area contributed by atoms with Gasteiger partial charge in [0.25, 0.3) is 0 Å². The van der Waals surface area contributed by atoms with E-state index in [9.17, 15) is 4.79 Å². The topological polar surface area (TPSA) is 92.6 Å². The van der Waals surface area contributed by atoms with Gasteiger partial charge in [-0.3, -0.25) is 5.01 Å². The maximum absolute atomic E-state index is 10.5. The summed E-state index contributed by atoms with van der Waals surface area (Å²) in [5.74, 6) is 5.41. The molecule has 0 heterocycles. The summed E-state index contributed by atoms with van der Waals surface area (Å²) in [7, 11) is 0. The Balaban J connectivity index is 2.69. The van der Waals surface area contributed by atoms with E-state index in [0.29, 0.717) is 0 Å². The average Bonchev–Trinajstić information content (AvgIpc) is 2.04. The van der Waals surface area contributed by atoms with Crippen LogP contribution in [0.3, 0.4) is 0 Å². The molecule has 0 aliphatic carbocycles. The molecule has 1 aromatic carbocycles. The van der Waals surface area contributed by atoms with Gasteiger partial charge in [-0.2, -0.15) is 0 Å². The number of nitrogens with zero attached hydrogens (tertiary/aromatic N) is 1. The van der Waals surface area contributed by atoms with Gasteiger partial charge in [0, 0.05) is 0 Å². The maximum Gasteiger partial charge on any atom is 0.329 e. The standard InChI is InChI=1S/C8H11N3O2/c9-8(13)11(10)5-6-2-1-3-7(12)4-6/h1-4,12H,5,10H2,(H2,9,13). The summed E-state index contributed by atoms with van der Waals surface area (Å²) in [6.07, 6.45) is 0. The molecule has 0 radical (unpaired) electrons. The van der Waals surface area contributed by atoms with E-state index < -0.39 is 6.03 Å². The van der Waals surface area contributed by atoms with Gasteiger partial charge < -0.3 is 10.8 Å². The third-order valence-corrected chi connectivity index (χ3v) is 1.55. The highest BCUT2D eigenvalue weighted by Gasteiger charge is 2.04. The first-order valence-electron chi connectivity index (χ1n) is 3.69. The predicted octanol–water partition coefficient (Wildman–Crippen LogP) is 0.147. The molecule has 5 N–H and O–H groups in total. The predicted molar refractivity (Wildman–Crippen MR) is 47.4 cm³/mol. The van der Waals surface area contributed by atoms with Crippen LogP contribution in [0.15, 0.2) is 24.3 Å². The number of aromatic hydroxyl groups is 1. The highest BCUT2D eigenvalue weighted by Crippen LogP contribution is 2.11. The van der Waals surface area contributed by atoms with Crippen molar-refractivity contribution in [1.29, 1.82) is 0 Å². The quantitative estimate of drug-likeness (QED) is 0.344. The van der Waals surface area contributed by atoms with E-state index in [-0.39, 0.29) is 12.3 Å². The first-order chi connectivity index (χ1) is 6.09. The van der Waals surface area contributed by atoms with Crippen molar-refractivity contribution in [3.63, 3.8) is 0 Å². The molecule has 0 fully saturated rings. The Bertz CT molecular complexity index is 314. The molecular weight excluding hydrogens is 170 g/mol. The molecule has 0 spiro atoms. The second kappa shape index (κ2) is 3.77. The smallest absolute Gasteiger partial charge is 0.329 e. The Hall–Kier alpha value is -1.75. The monoisotopic (exact) mass is 181 g/mol. The molecule has 5 nitrogen and oxygen atoms in total. The van der Waals surface area contributed by atoms with Crippen molar-refractivity contribution in [2.24, 2.45) is 11.6 Å². The van der Waals surface area contributed by atoms with Crippen LogP contribution in [0.4, 0.5) is 4.79 Å². The van der Waals surface area contributed by atoms with Crippen LogP contribution >= 0.6 is 0 Å². The molecule has 0 aliphatic rings. The zero-order valence-corrected chi connectivity index (χ0v) is 6.97. The van der Waals surface area contributed by atoms with E-state index in [2.05, 4.69) is 0 Å². The van der Waals surface area contributed by atoms with Crippen molar-refractivity contribution in [3.05, 3.63) is 29.8 Å². The van der Waals surface area contributed by atoms with Gasteiger partial charge in [-0.05, 0) is 17.7 Å². The summed E-state index contributed by atoms with van der Waals surface area (Å²) in [6.45, 7) is 0.184. The van der Waals surface area contributed by atoms with Crippen LogP contribution < -0.4 is 11.6 Å². The lowest BCUT2D eigenvalue weighted by Gasteiger charge is -2.13. The molecule has 0 aliphatic heterocycles. The Morgan fingerprint density at radius 2 is 2.23 bits per heavy atom. The minimum Gasteiger partial charge on any atom is -0.508 e. The Morgan fingerprint density at radius 1 is 1.54 bits per heavy atom. The van der Waals surface area contributed by atoms with Crippen LogP contribution in [0.5, 0.6) is 5.75 Å². The minimum atomic E-state index is -0.705. The highest BCUT2D eigenvalue weighted by atomic mass is 16.3. The van der Waals surface area contributed by atoms with Crippen molar-refractivity contribution in [2.75, 3.05) is 0 Å². The van der Waals surface area contributed by atoms with E-state index in [4.69, 9.17) is 16.7 Å². The fraction of sp³-hybridized carbons (Fsp3) is 0.125. The Kier molecular flexibility index (Phi) is 2.71. The number of hydrogen-bond acceptors (Lipinski definition) is 3. The van der Waals surface area contributed by atoms with Crippen LogP contribution in [0, 0.1) is 0 Å². The number of phenols is 1. The molecule has 0 aromatic heterocycles. The second-order valence-electron chi connectivity index (χ2n) is 2.64. The van der Waals surface area contributed by atoms with E-state index >= 15 is 0 Å². The molecule has 1 aromatic rings. The van der Waals surface area contributed by atoms with Gasteiger partial charge >= 0.3 is 6.03 Å². The summed E-state index contributed by atoms with van der Waals surface area (Å²) in [6, 6.07) is 5.75. The highest BCUT2D eigenvalue weighted by molar-refractivity contribution is 5.71. The summed E-state index contributed by atoms with van der Waals surface area (Å²) in [5, 5.41) is 9.96. The molecule has 2 amide bonds. The third-order valence-electron chi connectivity index (χ3n) is 1.55. The molecule has 0 saturated heterocycles. The number of urea groups is 1. The van der Waals surface area contributed by atoms with Gasteiger partial charge in [0.2, 0.25) is 0 Å². The zero-order chi connectivity index (χ0) is 9.84. The molecule has 0 unspecified atom stereocenters. The average molecular weight is 181 g/mol. The molecule has 0 atom stereocenters. The van der Waals surface area contributed by atoms with Crippen LogP contribution in [-0.2, 0) is 6.54 Å². The normalized spacial score (nSPS) is 9.62. The van der Waals surface area contributed by atoms with Crippen molar-refractivity contribution >= 4 is 6.03 Å². The van der Waals surface area contributed by atoms with Gasteiger partial charge in [-0.25, -0.2) is 10.6 Å². The number of primary amides is 1. The van der Waals surface area contributed by atoms with Gasteiger partial charge in [-0.1, -0.05) is 12.1 Å². The minimum absolute atomic E-state index is 0.135.